The maximum absolute atomic E-state index is 6.11. The number of fused-ring (bicyclic) bond motifs is 1. The van der Waals surface area contributed by atoms with Crippen LogP contribution in [0.5, 0.6) is 5.88 Å². The zero-order valence-corrected chi connectivity index (χ0v) is 20.2. The molecule has 0 amide bonds. The molecule has 0 unspecified atom stereocenters. The van der Waals surface area contributed by atoms with Gasteiger partial charge in [0.1, 0.15) is 11.9 Å². The smallest absolute Gasteiger partial charge is 0.246 e. The number of nitrogens with zero attached hydrogens (tertiary/aromatic N) is 4. The monoisotopic (exact) mass is 462 g/mol. The normalized spacial score (nSPS) is 21.6. The summed E-state index contributed by atoms with van der Waals surface area (Å²) in [4.78, 5) is 17.5. The Hall–Kier alpha value is -3.00. The number of aromatic nitrogens is 3. The highest BCUT2D eigenvalue weighted by atomic mass is 32.1. The van der Waals surface area contributed by atoms with E-state index in [1.54, 1.807) is 11.3 Å². The molecular weight excluding hydrogens is 432 g/mol. The predicted octanol–water partition coefficient (Wildman–Crippen LogP) is 5.50. The van der Waals surface area contributed by atoms with Gasteiger partial charge in [0, 0.05) is 17.5 Å². The van der Waals surface area contributed by atoms with E-state index in [1.165, 1.54) is 37.6 Å². The van der Waals surface area contributed by atoms with Crippen LogP contribution in [0.2, 0.25) is 0 Å². The minimum Gasteiger partial charge on any atom is -0.463 e. The number of nitrogen functional groups attached to an aromatic ring is 1. The van der Waals surface area contributed by atoms with Gasteiger partial charge < -0.3 is 15.8 Å². The second-order valence-corrected chi connectivity index (χ2v) is 10.4. The van der Waals surface area contributed by atoms with Crippen molar-refractivity contribution in [3.63, 3.8) is 0 Å². The van der Waals surface area contributed by atoms with Crippen molar-refractivity contribution < 1.29 is 4.74 Å². The lowest BCUT2D eigenvalue weighted by molar-refractivity contribution is 0.171. The topological polar surface area (TPSA) is 98.3 Å². The van der Waals surface area contributed by atoms with Gasteiger partial charge in [-0.1, -0.05) is 24.3 Å². The van der Waals surface area contributed by atoms with Gasteiger partial charge >= 0.3 is 0 Å². The fourth-order valence-electron chi connectivity index (χ4n) is 4.78. The number of rotatable bonds is 5. The van der Waals surface area contributed by atoms with Crippen molar-refractivity contribution in [3.05, 3.63) is 52.8 Å². The van der Waals surface area contributed by atoms with Crippen LogP contribution in [-0.4, -0.2) is 32.8 Å². The van der Waals surface area contributed by atoms with E-state index in [4.69, 9.17) is 15.5 Å². The standard InChI is InChI=1S/C25H30N6OS/c1-15-13-33-24(30-15)27-12-16-4-6-17(7-5-16)18-8-10-19(11-9-18)21-25(2,3)32-23-20(31-21)22(26)28-14-29-23/h8-11,13-14,16-17H,4-7,12H2,1-3H3,(H,27,30)(H2,26,28,29)/t16-,17-. The fourth-order valence-corrected chi connectivity index (χ4v) is 5.48. The molecule has 1 fully saturated rings. The quantitative estimate of drug-likeness (QED) is 0.519. The molecular formula is C25H30N6OS. The average molecular weight is 463 g/mol. The van der Waals surface area contributed by atoms with E-state index < -0.39 is 5.60 Å². The van der Waals surface area contributed by atoms with Crippen molar-refractivity contribution in [1.82, 2.24) is 15.0 Å². The minimum absolute atomic E-state index is 0.334. The molecule has 2 aliphatic rings. The molecule has 1 aliphatic heterocycles. The highest BCUT2D eigenvalue weighted by Gasteiger charge is 2.35. The van der Waals surface area contributed by atoms with Gasteiger partial charge in [-0.25, -0.2) is 15.0 Å². The van der Waals surface area contributed by atoms with E-state index in [1.807, 2.05) is 20.8 Å². The first kappa shape index (κ1) is 21.8. The van der Waals surface area contributed by atoms with Gasteiger partial charge in [0.15, 0.2) is 16.6 Å². The van der Waals surface area contributed by atoms with Crippen LogP contribution in [0.25, 0.3) is 0 Å². The summed E-state index contributed by atoms with van der Waals surface area (Å²) in [6.07, 6.45) is 6.34. The van der Waals surface area contributed by atoms with Crippen molar-refractivity contribution in [3.8, 4) is 5.88 Å². The Labute approximate surface area is 198 Å². The summed E-state index contributed by atoms with van der Waals surface area (Å²) in [6, 6.07) is 8.80. The van der Waals surface area contributed by atoms with E-state index in [2.05, 4.69) is 49.9 Å². The number of nitrogens with two attached hydrogens (primary N) is 1. The zero-order chi connectivity index (χ0) is 23.0. The van der Waals surface area contributed by atoms with Crippen molar-refractivity contribution in [2.24, 2.45) is 10.9 Å². The number of thiazole rings is 1. The largest absolute Gasteiger partial charge is 0.463 e. The molecule has 8 heteroatoms. The lowest BCUT2D eigenvalue weighted by Crippen LogP contribution is -2.41. The molecule has 5 rings (SSSR count). The third-order valence-electron chi connectivity index (χ3n) is 6.63. The summed E-state index contributed by atoms with van der Waals surface area (Å²) >= 11 is 1.69. The van der Waals surface area contributed by atoms with Gasteiger partial charge in [-0.2, -0.15) is 4.98 Å². The third kappa shape index (κ3) is 4.57. The lowest BCUT2D eigenvalue weighted by Gasteiger charge is -2.32. The molecule has 2 aromatic heterocycles. The molecule has 172 valence electrons. The van der Waals surface area contributed by atoms with Crippen molar-refractivity contribution in [1.29, 1.82) is 0 Å². The van der Waals surface area contributed by atoms with E-state index in [-0.39, 0.29) is 0 Å². The summed E-state index contributed by atoms with van der Waals surface area (Å²) in [5, 5.41) is 6.65. The van der Waals surface area contributed by atoms with Crippen molar-refractivity contribution in [2.45, 2.75) is 58.0 Å². The van der Waals surface area contributed by atoms with Crippen LogP contribution in [0.1, 0.15) is 62.3 Å². The maximum atomic E-state index is 6.11. The van der Waals surface area contributed by atoms with E-state index in [0.29, 0.717) is 29.2 Å². The Bertz CT molecular complexity index is 1160. The SMILES string of the molecule is Cc1csc(NC[C@H]2CC[C@H](c3ccc(C4=Nc5c(N)ncnc5OC4(C)C)cc3)CC2)n1. The van der Waals surface area contributed by atoms with Gasteiger partial charge in [0.05, 0.1) is 11.4 Å². The molecule has 0 bridgehead atoms. The van der Waals surface area contributed by atoms with E-state index >= 15 is 0 Å². The number of anilines is 2. The van der Waals surface area contributed by atoms with E-state index in [0.717, 1.165) is 28.6 Å². The predicted molar refractivity (Wildman–Crippen MR) is 134 cm³/mol. The number of benzene rings is 1. The third-order valence-corrected chi connectivity index (χ3v) is 7.54. The summed E-state index contributed by atoms with van der Waals surface area (Å²) in [5.74, 6) is 2.09. The van der Waals surface area contributed by atoms with Gasteiger partial charge in [-0.15, -0.1) is 11.3 Å². The van der Waals surface area contributed by atoms with Crippen LogP contribution in [0, 0.1) is 12.8 Å². The Kier molecular flexibility index (Phi) is 5.78. The summed E-state index contributed by atoms with van der Waals surface area (Å²) in [5.41, 5.74) is 10.3. The highest BCUT2D eigenvalue weighted by molar-refractivity contribution is 7.13. The Morgan fingerprint density at radius 3 is 2.58 bits per heavy atom. The van der Waals surface area contributed by atoms with Crippen molar-refractivity contribution in [2.75, 3.05) is 17.6 Å². The number of nitrogens with one attached hydrogen (secondary N) is 1. The molecule has 3 heterocycles. The fraction of sp³-hybridized carbons (Fsp3) is 0.440. The molecule has 7 nitrogen and oxygen atoms in total. The molecule has 0 saturated heterocycles. The molecule has 0 atom stereocenters. The number of ether oxygens (including phenoxy) is 1. The number of aryl methyl sites for hydroxylation is 1. The van der Waals surface area contributed by atoms with Gasteiger partial charge in [-0.05, 0) is 63.9 Å². The zero-order valence-electron chi connectivity index (χ0n) is 19.3. The summed E-state index contributed by atoms with van der Waals surface area (Å²) in [7, 11) is 0. The average Bonchev–Trinajstić information content (AvgIpc) is 3.22. The molecule has 0 spiro atoms. The minimum atomic E-state index is -0.601. The molecule has 1 aromatic carbocycles. The second-order valence-electron chi connectivity index (χ2n) is 9.50. The number of hydrogen-bond donors (Lipinski definition) is 2. The second kappa shape index (κ2) is 8.74. The molecule has 3 aromatic rings. The van der Waals surface area contributed by atoms with Crippen LogP contribution in [-0.2, 0) is 0 Å². The summed E-state index contributed by atoms with van der Waals surface area (Å²) in [6.45, 7) is 7.06. The Morgan fingerprint density at radius 1 is 1.12 bits per heavy atom. The van der Waals surface area contributed by atoms with Crippen LogP contribution in [0.4, 0.5) is 16.6 Å². The van der Waals surface area contributed by atoms with Crippen molar-refractivity contribution >= 4 is 33.7 Å². The lowest BCUT2D eigenvalue weighted by atomic mass is 9.78. The van der Waals surface area contributed by atoms with E-state index in [9.17, 15) is 0 Å². The first-order chi connectivity index (χ1) is 15.9. The van der Waals surface area contributed by atoms with Gasteiger partial charge in [-0.3, -0.25) is 0 Å². The number of hydrogen-bond acceptors (Lipinski definition) is 8. The van der Waals surface area contributed by atoms with Crippen LogP contribution in [0.15, 0.2) is 41.0 Å². The molecule has 0 radical (unpaired) electrons. The first-order valence-corrected chi connectivity index (χ1v) is 12.4. The van der Waals surface area contributed by atoms with Crippen LogP contribution >= 0.6 is 11.3 Å². The van der Waals surface area contributed by atoms with Crippen LogP contribution in [0.3, 0.4) is 0 Å². The maximum Gasteiger partial charge on any atom is 0.246 e. The highest BCUT2D eigenvalue weighted by Crippen LogP contribution is 2.40. The Morgan fingerprint density at radius 2 is 1.88 bits per heavy atom. The molecule has 33 heavy (non-hydrogen) atoms. The Balaban J connectivity index is 1.24. The first-order valence-electron chi connectivity index (χ1n) is 11.5. The molecule has 1 saturated carbocycles. The molecule has 1 aliphatic carbocycles. The number of aliphatic imine (C=N–C) groups is 1. The van der Waals surface area contributed by atoms with Gasteiger partial charge in [0.2, 0.25) is 5.88 Å². The van der Waals surface area contributed by atoms with Gasteiger partial charge in [0.25, 0.3) is 0 Å². The molecule has 3 N–H and O–H groups in total. The van der Waals surface area contributed by atoms with Crippen LogP contribution < -0.4 is 15.8 Å². The summed E-state index contributed by atoms with van der Waals surface area (Å²) < 4.78 is 6.11.